The molecule has 0 fully saturated rings. The quantitative estimate of drug-likeness (QED) is 0.849. The van der Waals surface area contributed by atoms with Gasteiger partial charge in [-0.05, 0) is 18.2 Å². The van der Waals surface area contributed by atoms with E-state index in [0.717, 1.165) is 0 Å². The molecule has 1 aliphatic carbocycles. The minimum atomic E-state index is -4.91. The van der Waals surface area contributed by atoms with Crippen LogP contribution >= 0.6 is 0 Å². The van der Waals surface area contributed by atoms with Crippen LogP contribution in [0.2, 0.25) is 0 Å². The zero-order valence-corrected chi connectivity index (χ0v) is 12.1. The number of nitrogens with one attached hydrogen (secondary N) is 1. The predicted octanol–water partition coefficient (Wildman–Crippen LogP) is 3.88. The maximum Gasteiger partial charge on any atom is 0.416 e. The van der Waals surface area contributed by atoms with Crippen molar-refractivity contribution in [2.24, 2.45) is 0 Å². The lowest BCUT2D eigenvalue weighted by Gasteiger charge is -2.29. The SMILES string of the molecule is CN(C)C1=C(Nc2cc(C(F)(F)F)cc(C(F)(F)F)c2)CC1=O. The van der Waals surface area contributed by atoms with Crippen LogP contribution in [0.15, 0.2) is 29.6 Å². The van der Waals surface area contributed by atoms with Crippen molar-refractivity contribution in [1.82, 2.24) is 4.90 Å². The Morgan fingerprint density at radius 2 is 1.43 bits per heavy atom. The molecule has 0 atom stereocenters. The Bertz CT molecular complexity index is 641. The molecule has 1 aliphatic rings. The van der Waals surface area contributed by atoms with Crippen molar-refractivity contribution in [3.05, 3.63) is 40.7 Å². The Morgan fingerprint density at radius 1 is 0.957 bits per heavy atom. The molecule has 1 aromatic rings. The van der Waals surface area contributed by atoms with E-state index in [1.165, 1.54) is 4.90 Å². The summed E-state index contributed by atoms with van der Waals surface area (Å²) in [7, 11) is 3.11. The lowest BCUT2D eigenvalue weighted by molar-refractivity contribution is -0.143. The third kappa shape index (κ3) is 3.59. The molecule has 0 bridgehead atoms. The summed E-state index contributed by atoms with van der Waals surface area (Å²) in [5.74, 6) is -0.236. The van der Waals surface area contributed by atoms with Gasteiger partial charge in [-0.2, -0.15) is 26.3 Å². The number of hydrogen-bond donors (Lipinski definition) is 1. The lowest BCUT2D eigenvalue weighted by Crippen LogP contribution is -2.32. The Balaban J connectivity index is 2.45. The first kappa shape index (κ1) is 17.2. The highest BCUT2D eigenvalue weighted by Gasteiger charge is 2.37. The van der Waals surface area contributed by atoms with Crippen LogP contribution in [0.3, 0.4) is 0 Å². The molecule has 3 nitrogen and oxygen atoms in total. The first-order valence-corrected chi connectivity index (χ1v) is 6.40. The number of nitrogens with zero attached hydrogens (tertiary/aromatic N) is 1. The molecule has 0 saturated carbocycles. The van der Waals surface area contributed by atoms with E-state index in [0.29, 0.717) is 12.1 Å². The van der Waals surface area contributed by atoms with E-state index < -0.39 is 23.5 Å². The van der Waals surface area contributed by atoms with Crippen molar-refractivity contribution >= 4 is 11.5 Å². The van der Waals surface area contributed by atoms with Gasteiger partial charge in [0.2, 0.25) is 0 Å². The predicted molar refractivity (Wildman–Crippen MR) is 70.4 cm³/mol. The van der Waals surface area contributed by atoms with Crippen LogP contribution in [0.1, 0.15) is 17.5 Å². The molecule has 1 aromatic carbocycles. The maximum absolute atomic E-state index is 12.8. The van der Waals surface area contributed by atoms with Gasteiger partial charge >= 0.3 is 12.4 Å². The third-order valence-corrected chi connectivity index (χ3v) is 3.22. The number of ketones is 1. The number of halogens is 6. The zero-order valence-electron chi connectivity index (χ0n) is 12.1. The Labute approximate surface area is 127 Å². The molecule has 0 aliphatic heterocycles. The van der Waals surface area contributed by atoms with Gasteiger partial charge in [-0.15, -0.1) is 0 Å². The normalized spacial score (nSPS) is 15.6. The van der Waals surface area contributed by atoms with Gasteiger partial charge in [0.05, 0.1) is 23.2 Å². The average molecular weight is 338 g/mol. The van der Waals surface area contributed by atoms with Gasteiger partial charge in [-0.3, -0.25) is 4.79 Å². The molecule has 0 radical (unpaired) electrons. The second-order valence-electron chi connectivity index (χ2n) is 5.24. The number of rotatable bonds is 3. The van der Waals surface area contributed by atoms with Crippen LogP contribution in [0.5, 0.6) is 0 Å². The summed E-state index contributed by atoms with van der Waals surface area (Å²) >= 11 is 0. The summed E-state index contributed by atoms with van der Waals surface area (Å²) < 4.78 is 76.6. The standard InChI is InChI=1S/C14H12F6N2O/c1-22(2)12-10(6-11(12)23)21-9-4-7(13(15,16)17)3-8(5-9)14(18,19)20/h3-5,21H,6H2,1-2H3. The topological polar surface area (TPSA) is 32.3 Å². The molecular formula is C14H12F6N2O. The van der Waals surface area contributed by atoms with Crippen molar-refractivity contribution in [3.63, 3.8) is 0 Å². The van der Waals surface area contributed by atoms with E-state index in [1.807, 2.05) is 0 Å². The van der Waals surface area contributed by atoms with Crippen molar-refractivity contribution < 1.29 is 31.1 Å². The third-order valence-electron chi connectivity index (χ3n) is 3.22. The number of carbonyl (C=O) groups excluding carboxylic acids is 1. The minimum Gasteiger partial charge on any atom is -0.373 e. The molecule has 126 valence electrons. The summed E-state index contributed by atoms with van der Waals surface area (Å²) in [5.41, 5.74) is -2.67. The average Bonchev–Trinajstić information content (AvgIpc) is 2.34. The van der Waals surface area contributed by atoms with E-state index in [9.17, 15) is 31.1 Å². The first-order valence-electron chi connectivity index (χ1n) is 6.40. The number of anilines is 1. The van der Waals surface area contributed by atoms with E-state index in [1.54, 1.807) is 14.1 Å². The molecule has 0 aromatic heterocycles. The van der Waals surface area contributed by atoms with Gasteiger partial charge in [0.1, 0.15) is 5.70 Å². The number of hydrogen-bond acceptors (Lipinski definition) is 3. The molecule has 23 heavy (non-hydrogen) atoms. The summed E-state index contributed by atoms with van der Waals surface area (Å²) in [4.78, 5) is 12.9. The van der Waals surface area contributed by atoms with Gasteiger partial charge in [-0.25, -0.2) is 0 Å². The van der Waals surface area contributed by atoms with Crippen LogP contribution in [0, 0.1) is 0 Å². The van der Waals surface area contributed by atoms with Crippen molar-refractivity contribution in [1.29, 1.82) is 0 Å². The zero-order chi connectivity index (χ0) is 17.6. The highest BCUT2D eigenvalue weighted by molar-refractivity contribution is 6.04. The second-order valence-corrected chi connectivity index (χ2v) is 5.24. The molecule has 0 saturated heterocycles. The molecule has 9 heteroatoms. The molecule has 0 amide bonds. The number of allylic oxidation sites excluding steroid dienone is 2. The number of likely N-dealkylation sites (N-methyl/N-ethyl adjacent to an activating group) is 1. The second kappa shape index (κ2) is 5.47. The Morgan fingerprint density at radius 3 is 1.78 bits per heavy atom. The number of Topliss-reactive ketones (excluding diaryl/α,β-unsaturated/α-hetero) is 1. The largest absolute Gasteiger partial charge is 0.416 e. The van der Waals surface area contributed by atoms with Gasteiger partial charge < -0.3 is 10.2 Å². The van der Waals surface area contributed by atoms with Gasteiger partial charge in [0.25, 0.3) is 0 Å². The van der Waals surface area contributed by atoms with Crippen LogP contribution in [-0.4, -0.2) is 24.8 Å². The number of benzene rings is 1. The fraction of sp³-hybridized carbons (Fsp3) is 0.357. The summed E-state index contributed by atoms with van der Waals surface area (Å²) in [5, 5.41) is 2.48. The lowest BCUT2D eigenvalue weighted by atomic mass is 9.97. The highest BCUT2D eigenvalue weighted by atomic mass is 19.4. The van der Waals surface area contributed by atoms with Gasteiger partial charge in [0, 0.05) is 19.8 Å². The maximum atomic E-state index is 12.8. The molecule has 2 rings (SSSR count). The Hall–Kier alpha value is -2.19. The fourth-order valence-corrected chi connectivity index (χ4v) is 2.21. The Kier molecular flexibility index (Phi) is 4.08. The highest BCUT2D eigenvalue weighted by Crippen LogP contribution is 2.38. The van der Waals surface area contributed by atoms with E-state index >= 15 is 0 Å². The van der Waals surface area contributed by atoms with E-state index in [2.05, 4.69) is 5.32 Å². The van der Waals surface area contributed by atoms with Crippen molar-refractivity contribution in [2.75, 3.05) is 19.4 Å². The number of carbonyl (C=O) groups is 1. The summed E-state index contributed by atoms with van der Waals surface area (Å²) in [6, 6.07) is 1.22. The van der Waals surface area contributed by atoms with Crippen molar-refractivity contribution in [2.45, 2.75) is 18.8 Å². The molecular weight excluding hydrogens is 326 g/mol. The van der Waals surface area contributed by atoms with Gasteiger partial charge in [0.15, 0.2) is 5.78 Å². The van der Waals surface area contributed by atoms with E-state index in [4.69, 9.17) is 0 Å². The summed E-state index contributed by atoms with van der Waals surface area (Å²) in [6.07, 6.45) is -9.89. The first-order chi connectivity index (χ1) is 10.4. The molecule has 0 spiro atoms. The van der Waals surface area contributed by atoms with Gasteiger partial charge in [-0.1, -0.05) is 0 Å². The van der Waals surface area contributed by atoms with Crippen LogP contribution < -0.4 is 5.32 Å². The fourth-order valence-electron chi connectivity index (χ4n) is 2.21. The molecule has 0 unspecified atom stereocenters. The monoisotopic (exact) mass is 338 g/mol. The molecule has 0 heterocycles. The van der Waals surface area contributed by atoms with Crippen LogP contribution in [0.25, 0.3) is 0 Å². The van der Waals surface area contributed by atoms with Crippen LogP contribution in [-0.2, 0) is 17.1 Å². The number of alkyl halides is 6. The minimum absolute atomic E-state index is 0.0539. The molecule has 1 N–H and O–H groups in total. The van der Waals surface area contributed by atoms with Crippen molar-refractivity contribution in [3.8, 4) is 0 Å². The van der Waals surface area contributed by atoms with Crippen LogP contribution in [0.4, 0.5) is 32.0 Å². The van der Waals surface area contributed by atoms with E-state index in [-0.39, 0.29) is 35.4 Å². The summed E-state index contributed by atoms with van der Waals surface area (Å²) in [6.45, 7) is 0. The smallest absolute Gasteiger partial charge is 0.373 e.